The van der Waals surface area contributed by atoms with Gasteiger partial charge in [0.05, 0.1) is 0 Å². The van der Waals surface area contributed by atoms with E-state index in [2.05, 4.69) is 10.2 Å². The standard InChI is InChI=1S/C13H18N2O/c16-13-3-1-10(2-4-13)7-15-8-11-5-14-6-12(11)9-15/h1-4,11-12,14,16H,5-9H2/t11-,12+. The monoisotopic (exact) mass is 218 g/mol. The number of phenols is 1. The number of likely N-dealkylation sites (tertiary alicyclic amines) is 1. The second-order valence-electron chi connectivity index (χ2n) is 5.04. The summed E-state index contributed by atoms with van der Waals surface area (Å²) in [4.78, 5) is 2.53. The third-order valence-electron chi connectivity index (χ3n) is 3.81. The molecule has 0 bridgehead atoms. The molecule has 0 aromatic heterocycles. The normalized spacial score (nSPS) is 29.5. The van der Waals surface area contributed by atoms with Crippen molar-refractivity contribution < 1.29 is 5.11 Å². The number of aromatic hydroxyl groups is 1. The van der Waals surface area contributed by atoms with Crippen LogP contribution in [0, 0.1) is 11.8 Å². The predicted octanol–water partition coefficient (Wildman–Crippen LogP) is 1.04. The first-order chi connectivity index (χ1) is 7.81. The molecule has 2 N–H and O–H groups in total. The lowest BCUT2D eigenvalue weighted by Crippen LogP contribution is -2.25. The highest BCUT2D eigenvalue weighted by Crippen LogP contribution is 2.27. The fraction of sp³-hybridized carbons (Fsp3) is 0.538. The first-order valence-electron chi connectivity index (χ1n) is 6.02. The van der Waals surface area contributed by atoms with Gasteiger partial charge in [-0.25, -0.2) is 0 Å². The summed E-state index contributed by atoms with van der Waals surface area (Å²) in [6, 6.07) is 7.57. The number of fused-ring (bicyclic) bond motifs is 1. The van der Waals surface area contributed by atoms with Gasteiger partial charge in [0.15, 0.2) is 0 Å². The molecule has 0 spiro atoms. The average molecular weight is 218 g/mol. The quantitative estimate of drug-likeness (QED) is 0.778. The van der Waals surface area contributed by atoms with E-state index in [0.29, 0.717) is 5.75 Å². The number of rotatable bonds is 2. The van der Waals surface area contributed by atoms with E-state index in [1.807, 2.05) is 12.1 Å². The van der Waals surface area contributed by atoms with Crippen molar-refractivity contribution in [2.45, 2.75) is 6.54 Å². The van der Waals surface area contributed by atoms with Crippen LogP contribution >= 0.6 is 0 Å². The second-order valence-corrected chi connectivity index (χ2v) is 5.04. The molecule has 2 atom stereocenters. The van der Waals surface area contributed by atoms with Crippen LogP contribution in [0.2, 0.25) is 0 Å². The average Bonchev–Trinajstić information content (AvgIpc) is 2.81. The Bertz CT molecular complexity index is 351. The van der Waals surface area contributed by atoms with Crippen LogP contribution in [0.3, 0.4) is 0 Å². The molecule has 86 valence electrons. The number of nitrogens with one attached hydrogen (secondary N) is 1. The SMILES string of the molecule is Oc1ccc(CN2C[C@H]3CNC[C@H]3C2)cc1. The minimum absolute atomic E-state index is 0.353. The van der Waals surface area contributed by atoms with Crippen molar-refractivity contribution in [1.29, 1.82) is 0 Å². The summed E-state index contributed by atoms with van der Waals surface area (Å²) in [5.74, 6) is 2.07. The number of hydrogen-bond acceptors (Lipinski definition) is 3. The minimum atomic E-state index is 0.353. The molecule has 2 saturated heterocycles. The molecule has 2 fully saturated rings. The molecule has 0 amide bonds. The van der Waals surface area contributed by atoms with E-state index in [9.17, 15) is 5.11 Å². The van der Waals surface area contributed by atoms with Crippen molar-refractivity contribution in [1.82, 2.24) is 10.2 Å². The molecular weight excluding hydrogens is 200 g/mol. The van der Waals surface area contributed by atoms with Gasteiger partial charge in [-0.05, 0) is 42.6 Å². The maximum atomic E-state index is 9.23. The van der Waals surface area contributed by atoms with Gasteiger partial charge in [-0.3, -0.25) is 4.90 Å². The summed E-state index contributed by atoms with van der Waals surface area (Å²) in [7, 11) is 0. The van der Waals surface area contributed by atoms with Crippen LogP contribution in [-0.4, -0.2) is 36.2 Å². The van der Waals surface area contributed by atoms with Gasteiger partial charge < -0.3 is 10.4 Å². The largest absolute Gasteiger partial charge is 0.508 e. The van der Waals surface area contributed by atoms with E-state index in [0.717, 1.165) is 18.4 Å². The highest BCUT2D eigenvalue weighted by Gasteiger charge is 2.35. The highest BCUT2D eigenvalue weighted by molar-refractivity contribution is 5.25. The zero-order chi connectivity index (χ0) is 11.0. The fourth-order valence-electron chi connectivity index (χ4n) is 2.94. The molecule has 0 radical (unpaired) electrons. The Morgan fingerprint density at radius 1 is 1.12 bits per heavy atom. The van der Waals surface area contributed by atoms with Crippen LogP contribution in [0.5, 0.6) is 5.75 Å². The first-order valence-corrected chi connectivity index (χ1v) is 6.02. The molecule has 0 aliphatic carbocycles. The lowest BCUT2D eigenvalue weighted by molar-refractivity contribution is 0.305. The summed E-state index contributed by atoms with van der Waals surface area (Å²) in [6.07, 6.45) is 0. The molecule has 0 unspecified atom stereocenters. The minimum Gasteiger partial charge on any atom is -0.508 e. The molecule has 1 aromatic rings. The van der Waals surface area contributed by atoms with Crippen LogP contribution in [0.15, 0.2) is 24.3 Å². The lowest BCUT2D eigenvalue weighted by Gasteiger charge is -2.16. The molecule has 2 aliphatic heterocycles. The maximum absolute atomic E-state index is 9.23. The van der Waals surface area contributed by atoms with Crippen molar-refractivity contribution in [3.63, 3.8) is 0 Å². The molecule has 2 aliphatic rings. The summed E-state index contributed by atoms with van der Waals surface area (Å²) in [5.41, 5.74) is 1.30. The fourth-order valence-corrected chi connectivity index (χ4v) is 2.94. The highest BCUT2D eigenvalue weighted by atomic mass is 16.3. The molecule has 3 nitrogen and oxygen atoms in total. The van der Waals surface area contributed by atoms with Gasteiger partial charge in [0, 0.05) is 19.6 Å². The van der Waals surface area contributed by atoms with Crippen LogP contribution in [0.1, 0.15) is 5.56 Å². The number of phenolic OH excluding ortho intramolecular Hbond substituents is 1. The maximum Gasteiger partial charge on any atom is 0.115 e. The molecule has 2 heterocycles. The van der Waals surface area contributed by atoms with Crippen LogP contribution in [-0.2, 0) is 6.54 Å². The van der Waals surface area contributed by atoms with Crippen LogP contribution in [0.25, 0.3) is 0 Å². The second kappa shape index (κ2) is 4.07. The van der Waals surface area contributed by atoms with Gasteiger partial charge in [-0.15, -0.1) is 0 Å². The topological polar surface area (TPSA) is 35.5 Å². The molecule has 3 heteroatoms. The Hall–Kier alpha value is -1.06. The van der Waals surface area contributed by atoms with E-state index < -0.39 is 0 Å². The van der Waals surface area contributed by atoms with E-state index >= 15 is 0 Å². The lowest BCUT2D eigenvalue weighted by atomic mass is 10.0. The predicted molar refractivity (Wildman–Crippen MR) is 63.2 cm³/mol. The molecule has 1 aromatic carbocycles. The van der Waals surface area contributed by atoms with Crippen molar-refractivity contribution in [3.8, 4) is 5.75 Å². The van der Waals surface area contributed by atoms with Crippen molar-refractivity contribution in [2.24, 2.45) is 11.8 Å². The van der Waals surface area contributed by atoms with Crippen molar-refractivity contribution >= 4 is 0 Å². The zero-order valence-corrected chi connectivity index (χ0v) is 9.39. The van der Waals surface area contributed by atoms with E-state index in [4.69, 9.17) is 0 Å². The van der Waals surface area contributed by atoms with Gasteiger partial charge >= 0.3 is 0 Å². The Morgan fingerprint density at radius 2 is 1.75 bits per heavy atom. The Morgan fingerprint density at radius 3 is 2.38 bits per heavy atom. The third-order valence-corrected chi connectivity index (χ3v) is 3.81. The number of nitrogens with zero attached hydrogens (tertiary/aromatic N) is 1. The van der Waals surface area contributed by atoms with Gasteiger partial charge in [-0.1, -0.05) is 12.1 Å². The van der Waals surface area contributed by atoms with Crippen LogP contribution < -0.4 is 5.32 Å². The summed E-state index contributed by atoms with van der Waals surface area (Å²) < 4.78 is 0. The van der Waals surface area contributed by atoms with Crippen LogP contribution in [0.4, 0.5) is 0 Å². The Balaban J connectivity index is 1.62. The van der Waals surface area contributed by atoms with Gasteiger partial charge in [-0.2, -0.15) is 0 Å². The molecule has 16 heavy (non-hydrogen) atoms. The molecule has 3 rings (SSSR count). The zero-order valence-electron chi connectivity index (χ0n) is 9.39. The van der Waals surface area contributed by atoms with E-state index in [-0.39, 0.29) is 0 Å². The van der Waals surface area contributed by atoms with Gasteiger partial charge in [0.25, 0.3) is 0 Å². The Kier molecular flexibility index (Phi) is 2.58. The third kappa shape index (κ3) is 1.93. The summed E-state index contributed by atoms with van der Waals surface area (Å²) >= 11 is 0. The van der Waals surface area contributed by atoms with Crippen molar-refractivity contribution in [3.05, 3.63) is 29.8 Å². The Labute approximate surface area is 96.1 Å². The van der Waals surface area contributed by atoms with Crippen molar-refractivity contribution in [2.75, 3.05) is 26.2 Å². The van der Waals surface area contributed by atoms with E-state index in [1.54, 1.807) is 12.1 Å². The summed E-state index contributed by atoms with van der Waals surface area (Å²) in [6.45, 7) is 5.85. The first kappa shape index (κ1) is 10.1. The number of hydrogen-bond donors (Lipinski definition) is 2. The van der Waals surface area contributed by atoms with E-state index in [1.165, 1.54) is 31.7 Å². The van der Waals surface area contributed by atoms with Gasteiger partial charge in [0.1, 0.15) is 5.75 Å². The molecule has 0 saturated carbocycles. The smallest absolute Gasteiger partial charge is 0.115 e. The van der Waals surface area contributed by atoms with Gasteiger partial charge in [0.2, 0.25) is 0 Å². The summed E-state index contributed by atoms with van der Waals surface area (Å²) in [5, 5.41) is 12.7. The molecular formula is C13H18N2O. The number of benzene rings is 1.